The maximum absolute atomic E-state index is 5.43. The zero-order chi connectivity index (χ0) is 14.8. The second-order valence-corrected chi connectivity index (χ2v) is 5.47. The fourth-order valence-electron chi connectivity index (χ4n) is 2.68. The Morgan fingerprint density at radius 2 is 2.23 bits per heavy atom. The van der Waals surface area contributed by atoms with Gasteiger partial charge in [-0.05, 0) is 18.6 Å². The lowest BCUT2D eigenvalue weighted by Gasteiger charge is -2.13. The minimum atomic E-state index is 0.547. The summed E-state index contributed by atoms with van der Waals surface area (Å²) in [5.41, 5.74) is 0.923. The molecule has 6 nitrogen and oxygen atoms in total. The predicted molar refractivity (Wildman–Crippen MR) is 84.1 cm³/mol. The van der Waals surface area contributed by atoms with Crippen LogP contribution in [0.1, 0.15) is 6.42 Å². The average molecular weight is 295 g/mol. The molecule has 2 aromatic heterocycles. The molecular formula is C16H17N5O. The number of benzene rings is 1. The monoisotopic (exact) mass is 295 g/mol. The molecule has 4 rings (SSSR count). The molecule has 1 N–H and O–H groups in total. The highest BCUT2D eigenvalue weighted by Gasteiger charge is 2.16. The van der Waals surface area contributed by atoms with Gasteiger partial charge in [0.25, 0.3) is 0 Å². The Morgan fingerprint density at radius 1 is 1.27 bits per heavy atom. The Hall–Kier alpha value is -2.47. The quantitative estimate of drug-likeness (QED) is 0.800. The molecule has 0 saturated carbocycles. The van der Waals surface area contributed by atoms with Gasteiger partial charge in [-0.25, -0.2) is 9.97 Å². The number of rotatable bonds is 4. The van der Waals surface area contributed by atoms with Crippen LogP contribution in [0.4, 0.5) is 5.82 Å². The number of ether oxygens (including phenoxy) is 1. The molecule has 1 aliphatic rings. The van der Waals surface area contributed by atoms with E-state index in [1.807, 2.05) is 35.0 Å². The van der Waals surface area contributed by atoms with Crippen LogP contribution in [-0.4, -0.2) is 39.3 Å². The molecule has 0 bridgehead atoms. The van der Waals surface area contributed by atoms with Crippen LogP contribution in [0.2, 0.25) is 0 Å². The van der Waals surface area contributed by atoms with Crippen LogP contribution in [0.25, 0.3) is 16.9 Å². The summed E-state index contributed by atoms with van der Waals surface area (Å²) in [6.45, 7) is 2.55. The highest BCUT2D eigenvalue weighted by molar-refractivity contribution is 5.89. The van der Waals surface area contributed by atoms with Gasteiger partial charge in [0.1, 0.15) is 12.1 Å². The van der Waals surface area contributed by atoms with Crippen LogP contribution in [-0.2, 0) is 4.74 Å². The minimum absolute atomic E-state index is 0.547. The lowest BCUT2D eigenvalue weighted by atomic mass is 10.1. The van der Waals surface area contributed by atoms with E-state index >= 15 is 0 Å². The van der Waals surface area contributed by atoms with E-state index in [2.05, 4.69) is 20.3 Å². The molecule has 0 aliphatic carbocycles. The molecule has 3 aromatic rings. The van der Waals surface area contributed by atoms with Crippen LogP contribution >= 0.6 is 0 Å². The van der Waals surface area contributed by atoms with E-state index in [1.54, 1.807) is 12.5 Å². The predicted octanol–water partition coefficient (Wildman–Crippen LogP) is 2.26. The van der Waals surface area contributed by atoms with Gasteiger partial charge in [0.05, 0.1) is 12.1 Å². The summed E-state index contributed by atoms with van der Waals surface area (Å²) in [7, 11) is 0. The Labute approximate surface area is 128 Å². The topological polar surface area (TPSA) is 64.9 Å². The normalized spacial score (nSPS) is 17.9. The van der Waals surface area contributed by atoms with Crippen molar-refractivity contribution in [2.45, 2.75) is 6.42 Å². The third kappa shape index (κ3) is 2.53. The number of nitrogens with zero attached hydrogens (tertiary/aromatic N) is 4. The van der Waals surface area contributed by atoms with Gasteiger partial charge in [0, 0.05) is 36.8 Å². The molecule has 6 heteroatoms. The van der Waals surface area contributed by atoms with Crippen molar-refractivity contribution in [1.82, 2.24) is 19.5 Å². The van der Waals surface area contributed by atoms with Crippen LogP contribution in [0.5, 0.6) is 0 Å². The lowest BCUT2D eigenvalue weighted by Crippen LogP contribution is -2.16. The molecule has 1 saturated heterocycles. The van der Waals surface area contributed by atoms with Gasteiger partial charge in [-0.15, -0.1) is 0 Å². The fourth-order valence-corrected chi connectivity index (χ4v) is 2.68. The third-order valence-corrected chi connectivity index (χ3v) is 3.91. The van der Waals surface area contributed by atoms with Crippen LogP contribution in [0, 0.1) is 5.92 Å². The van der Waals surface area contributed by atoms with Gasteiger partial charge < -0.3 is 10.1 Å². The van der Waals surface area contributed by atoms with Crippen LogP contribution in [0.3, 0.4) is 0 Å². The van der Waals surface area contributed by atoms with Crippen molar-refractivity contribution >= 4 is 16.7 Å². The first kappa shape index (κ1) is 13.2. The summed E-state index contributed by atoms with van der Waals surface area (Å²) in [6, 6.07) is 8.04. The standard InChI is InChI=1S/C16H17N5O/c1-2-4-14-13(3-1)15(18-9-12-5-8-22-10-12)20-16(19-14)21-7-6-17-11-21/h1-4,6-7,11-12H,5,8-10H2,(H,18,19,20). The Bertz CT molecular complexity index is 765. The first-order chi connectivity index (χ1) is 10.9. The molecular weight excluding hydrogens is 278 g/mol. The van der Waals surface area contributed by atoms with E-state index in [0.717, 1.165) is 42.9 Å². The molecule has 22 heavy (non-hydrogen) atoms. The van der Waals surface area contributed by atoms with Gasteiger partial charge in [0.2, 0.25) is 5.95 Å². The number of hydrogen-bond donors (Lipinski definition) is 1. The molecule has 112 valence electrons. The average Bonchev–Trinajstić information content (AvgIpc) is 3.25. The molecule has 1 aliphatic heterocycles. The summed E-state index contributed by atoms with van der Waals surface area (Å²) in [4.78, 5) is 13.3. The summed E-state index contributed by atoms with van der Waals surface area (Å²) in [5, 5.41) is 4.50. The third-order valence-electron chi connectivity index (χ3n) is 3.91. The first-order valence-corrected chi connectivity index (χ1v) is 7.47. The summed E-state index contributed by atoms with van der Waals surface area (Å²) < 4.78 is 7.25. The van der Waals surface area contributed by atoms with E-state index in [-0.39, 0.29) is 0 Å². The summed E-state index contributed by atoms with van der Waals surface area (Å²) >= 11 is 0. The number of fused-ring (bicyclic) bond motifs is 1. The van der Waals surface area contributed by atoms with Gasteiger partial charge in [-0.3, -0.25) is 4.57 Å². The maximum Gasteiger partial charge on any atom is 0.237 e. The van der Waals surface area contributed by atoms with E-state index in [4.69, 9.17) is 4.74 Å². The molecule has 1 atom stereocenters. The van der Waals surface area contributed by atoms with Crippen molar-refractivity contribution in [3.8, 4) is 5.95 Å². The Morgan fingerprint density at radius 3 is 3.05 bits per heavy atom. The van der Waals surface area contributed by atoms with E-state index in [1.165, 1.54) is 0 Å². The largest absolute Gasteiger partial charge is 0.381 e. The zero-order valence-electron chi connectivity index (χ0n) is 12.1. The van der Waals surface area contributed by atoms with Crippen molar-refractivity contribution in [2.24, 2.45) is 5.92 Å². The van der Waals surface area contributed by atoms with E-state index < -0.39 is 0 Å². The number of para-hydroxylation sites is 1. The first-order valence-electron chi connectivity index (χ1n) is 7.47. The Kier molecular flexibility index (Phi) is 3.44. The summed E-state index contributed by atoms with van der Waals surface area (Å²) in [5.74, 6) is 2.04. The Balaban J connectivity index is 1.70. The van der Waals surface area contributed by atoms with Gasteiger partial charge in [0.15, 0.2) is 0 Å². The number of nitrogens with one attached hydrogen (secondary N) is 1. The van der Waals surface area contributed by atoms with Crippen molar-refractivity contribution in [1.29, 1.82) is 0 Å². The highest BCUT2D eigenvalue weighted by Crippen LogP contribution is 2.22. The van der Waals surface area contributed by atoms with Crippen LogP contribution < -0.4 is 5.32 Å². The van der Waals surface area contributed by atoms with Gasteiger partial charge in [-0.2, -0.15) is 4.98 Å². The number of anilines is 1. The van der Waals surface area contributed by atoms with Gasteiger partial charge >= 0.3 is 0 Å². The molecule has 0 spiro atoms. The molecule has 1 unspecified atom stereocenters. The van der Waals surface area contributed by atoms with Crippen molar-refractivity contribution in [2.75, 3.05) is 25.1 Å². The molecule has 0 amide bonds. The second kappa shape index (κ2) is 5.73. The molecule has 1 aromatic carbocycles. The second-order valence-electron chi connectivity index (χ2n) is 5.47. The lowest BCUT2D eigenvalue weighted by molar-refractivity contribution is 0.187. The fraction of sp³-hybridized carbons (Fsp3) is 0.312. The molecule has 0 radical (unpaired) electrons. The zero-order valence-corrected chi connectivity index (χ0v) is 12.1. The smallest absolute Gasteiger partial charge is 0.237 e. The van der Waals surface area contributed by atoms with Crippen molar-refractivity contribution in [3.05, 3.63) is 43.0 Å². The van der Waals surface area contributed by atoms with Crippen molar-refractivity contribution < 1.29 is 4.74 Å². The number of imidazole rings is 1. The van der Waals surface area contributed by atoms with E-state index in [9.17, 15) is 0 Å². The van der Waals surface area contributed by atoms with Crippen LogP contribution in [0.15, 0.2) is 43.0 Å². The van der Waals surface area contributed by atoms with E-state index in [0.29, 0.717) is 11.9 Å². The number of hydrogen-bond acceptors (Lipinski definition) is 5. The molecule has 3 heterocycles. The highest BCUT2D eigenvalue weighted by atomic mass is 16.5. The van der Waals surface area contributed by atoms with Gasteiger partial charge in [-0.1, -0.05) is 12.1 Å². The van der Waals surface area contributed by atoms with Crippen molar-refractivity contribution in [3.63, 3.8) is 0 Å². The number of aromatic nitrogens is 4. The summed E-state index contributed by atoms with van der Waals surface area (Å²) in [6.07, 6.45) is 6.38. The minimum Gasteiger partial charge on any atom is -0.381 e. The maximum atomic E-state index is 5.43. The molecule has 1 fully saturated rings. The SMILES string of the molecule is c1ccc2c(NCC3CCOC3)nc(-n3ccnc3)nc2c1.